The van der Waals surface area contributed by atoms with Crippen molar-refractivity contribution in [2.45, 2.75) is 76.5 Å². The van der Waals surface area contributed by atoms with Crippen molar-refractivity contribution in [3.63, 3.8) is 0 Å². The number of nitrogens with one attached hydrogen (secondary N) is 1. The van der Waals surface area contributed by atoms with Gasteiger partial charge in [-0.1, -0.05) is 46.0 Å². The van der Waals surface area contributed by atoms with Gasteiger partial charge >= 0.3 is 0 Å². The van der Waals surface area contributed by atoms with E-state index in [1.165, 1.54) is 51.4 Å². The molecule has 0 radical (unpaired) electrons. The summed E-state index contributed by atoms with van der Waals surface area (Å²) < 4.78 is 0. The third-order valence-electron chi connectivity index (χ3n) is 5.06. The summed E-state index contributed by atoms with van der Waals surface area (Å²) in [4.78, 5) is 12.1. The minimum atomic E-state index is 0.265. The van der Waals surface area contributed by atoms with Crippen LogP contribution in [0.4, 0.5) is 0 Å². The summed E-state index contributed by atoms with van der Waals surface area (Å²) in [6.45, 7) is 4.61. The molecule has 110 valence electrons. The summed E-state index contributed by atoms with van der Waals surface area (Å²) in [7, 11) is 0. The molecule has 3 heteroatoms. The Hall–Kier alpha value is -0.180. The molecule has 2 nitrogen and oxygen atoms in total. The van der Waals surface area contributed by atoms with Crippen molar-refractivity contribution in [2.24, 2.45) is 11.8 Å². The maximum Gasteiger partial charge on any atom is 0.230 e. The van der Waals surface area contributed by atoms with Gasteiger partial charge in [0.25, 0.3) is 0 Å². The maximum absolute atomic E-state index is 12.1. The molecule has 0 heterocycles. The Bertz CT molecular complexity index is 288. The third-order valence-corrected chi connectivity index (χ3v) is 6.43. The van der Waals surface area contributed by atoms with Crippen molar-refractivity contribution in [3.05, 3.63) is 0 Å². The fourth-order valence-corrected chi connectivity index (χ4v) is 4.60. The minimum absolute atomic E-state index is 0.265. The lowest BCUT2D eigenvalue weighted by Crippen LogP contribution is -2.44. The molecular weight excluding hydrogens is 254 g/mol. The van der Waals surface area contributed by atoms with E-state index in [1.54, 1.807) is 0 Å². The van der Waals surface area contributed by atoms with Gasteiger partial charge in [-0.25, -0.2) is 0 Å². The molecule has 2 fully saturated rings. The van der Waals surface area contributed by atoms with Gasteiger partial charge < -0.3 is 5.32 Å². The Morgan fingerprint density at radius 1 is 1.05 bits per heavy atom. The maximum atomic E-state index is 12.1. The average molecular weight is 283 g/mol. The number of carbonyl (C=O) groups excluding carboxylic acids is 1. The summed E-state index contributed by atoms with van der Waals surface area (Å²) in [5.41, 5.74) is 0. The van der Waals surface area contributed by atoms with Crippen LogP contribution in [0.1, 0.15) is 65.2 Å². The molecule has 19 heavy (non-hydrogen) atoms. The predicted molar refractivity (Wildman–Crippen MR) is 83.4 cm³/mol. The van der Waals surface area contributed by atoms with Gasteiger partial charge in [0.2, 0.25) is 5.91 Å². The second-order valence-electron chi connectivity index (χ2n) is 6.51. The van der Waals surface area contributed by atoms with Crippen LogP contribution in [0.5, 0.6) is 0 Å². The quantitative estimate of drug-likeness (QED) is 0.845. The van der Waals surface area contributed by atoms with Gasteiger partial charge in [-0.2, -0.15) is 0 Å². The molecule has 1 N–H and O–H groups in total. The van der Waals surface area contributed by atoms with Crippen LogP contribution in [-0.4, -0.2) is 23.0 Å². The molecule has 0 saturated heterocycles. The van der Waals surface area contributed by atoms with E-state index in [9.17, 15) is 4.79 Å². The summed E-state index contributed by atoms with van der Waals surface area (Å²) >= 11 is 1.88. The molecular formula is C16H29NOS. The summed E-state index contributed by atoms with van der Waals surface area (Å²) in [6, 6.07) is 0.420. The SMILES string of the molecule is C[C@H]1[C@@H](NC(=O)CSC2CCCCC2)CCC[C@@H]1C. The first-order valence-corrected chi connectivity index (χ1v) is 9.12. The van der Waals surface area contributed by atoms with E-state index >= 15 is 0 Å². The van der Waals surface area contributed by atoms with Crippen molar-refractivity contribution in [1.82, 2.24) is 5.32 Å². The molecule has 2 saturated carbocycles. The van der Waals surface area contributed by atoms with Crippen molar-refractivity contribution >= 4 is 17.7 Å². The highest BCUT2D eigenvalue weighted by molar-refractivity contribution is 8.00. The molecule has 1 amide bonds. The molecule has 2 rings (SSSR count). The standard InChI is InChI=1S/C16H29NOS/c1-12-7-6-10-15(13(12)2)17-16(18)11-19-14-8-4-3-5-9-14/h12-15H,3-11H2,1-2H3,(H,17,18)/t12-,13+,15-/m0/s1. The smallest absolute Gasteiger partial charge is 0.230 e. The molecule has 3 atom stereocenters. The average Bonchev–Trinajstić information content (AvgIpc) is 2.43. The number of hydrogen-bond acceptors (Lipinski definition) is 2. The molecule has 0 unspecified atom stereocenters. The minimum Gasteiger partial charge on any atom is -0.352 e. The topological polar surface area (TPSA) is 29.1 Å². The van der Waals surface area contributed by atoms with Gasteiger partial charge in [-0.15, -0.1) is 11.8 Å². The number of hydrogen-bond donors (Lipinski definition) is 1. The molecule has 0 aromatic rings. The molecule has 0 aromatic carbocycles. The second kappa shape index (κ2) is 7.56. The monoisotopic (exact) mass is 283 g/mol. The van der Waals surface area contributed by atoms with E-state index in [4.69, 9.17) is 0 Å². The number of rotatable bonds is 4. The highest BCUT2D eigenvalue weighted by atomic mass is 32.2. The Labute approximate surface area is 122 Å². The van der Waals surface area contributed by atoms with Crippen LogP contribution < -0.4 is 5.32 Å². The van der Waals surface area contributed by atoms with Crippen LogP contribution in [0.15, 0.2) is 0 Å². The van der Waals surface area contributed by atoms with E-state index in [2.05, 4.69) is 19.2 Å². The van der Waals surface area contributed by atoms with E-state index in [-0.39, 0.29) is 5.91 Å². The largest absolute Gasteiger partial charge is 0.352 e. The van der Waals surface area contributed by atoms with Crippen LogP contribution in [0, 0.1) is 11.8 Å². The molecule has 0 aromatic heterocycles. The van der Waals surface area contributed by atoms with Gasteiger partial charge in [-0.05, 0) is 31.1 Å². The van der Waals surface area contributed by atoms with E-state index in [1.807, 2.05) is 11.8 Å². The van der Waals surface area contributed by atoms with Crippen molar-refractivity contribution in [2.75, 3.05) is 5.75 Å². The normalized spacial score (nSPS) is 33.1. The van der Waals surface area contributed by atoms with E-state index < -0.39 is 0 Å². The van der Waals surface area contributed by atoms with Crippen molar-refractivity contribution in [3.8, 4) is 0 Å². The van der Waals surface area contributed by atoms with Crippen LogP contribution in [-0.2, 0) is 4.79 Å². The van der Waals surface area contributed by atoms with Gasteiger partial charge in [0.15, 0.2) is 0 Å². The lowest BCUT2D eigenvalue weighted by Gasteiger charge is -2.34. The zero-order chi connectivity index (χ0) is 13.7. The van der Waals surface area contributed by atoms with E-state index in [0.717, 1.165) is 11.2 Å². The highest BCUT2D eigenvalue weighted by Crippen LogP contribution is 2.30. The summed E-state index contributed by atoms with van der Waals surface area (Å²) in [6.07, 6.45) is 10.5. The fraction of sp³-hybridized carbons (Fsp3) is 0.938. The molecule has 0 bridgehead atoms. The zero-order valence-corrected chi connectivity index (χ0v) is 13.3. The third kappa shape index (κ3) is 4.70. The highest BCUT2D eigenvalue weighted by Gasteiger charge is 2.28. The first-order valence-electron chi connectivity index (χ1n) is 8.08. The lowest BCUT2D eigenvalue weighted by atomic mass is 9.78. The molecule has 2 aliphatic carbocycles. The van der Waals surface area contributed by atoms with Crippen molar-refractivity contribution < 1.29 is 4.79 Å². The molecule has 2 aliphatic rings. The van der Waals surface area contributed by atoms with Crippen LogP contribution in [0.3, 0.4) is 0 Å². The van der Waals surface area contributed by atoms with Crippen LogP contribution in [0.2, 0.25) is 0 Å². The summed E-state index contributed by atoms with van der Waals surface area (Å²) in [5.74, 6) is 2.33. The Morgan fingerprint density at radius 2 is 1.79 bits per heavy atom. The summed E-state index contributed by atoms with van der Waals surface area (Å²) in [5, 5.41) is 4.02. The number of amides is 1. The van der Waals surface area contributed by atoms with Gasteiger partial charge in [0.05, 0.1) is 5.75 Å². The van der Waals surface area contributed by atoms with Crippen molar-refractivity contribution in [1.29, 1.82) is 0 Å². The number of carbonyl (C=O) groups is 1. The van der Waals surface area contributed by atoms with E-state index in [0.29, 0.717) is 17.7 Å². The van der Waals surface area contributed by atoms with Gasteiger partial charge in [-0.3, -0.25) is 4.79 Å². The second-order valence-corrected chi connectivity index (χ2v) is 7.80. The molecule has 0 spiro atoms. The number of thioether (sulfide) groups is 1. The lowest BCUT2D eigenvalue weighted by molar-refractivity contribution is -0.120. The molecule has 0 aliphatic heterocycles. The Morgan fingerprint density at radius 3 is 2.53 bits per heavy atom. The van der Waals surface area contributed by atoms with Gasteiger partial charge in [0.1, 0.15) is 0 Å². The Kier molecular flexibility index (Phi) is 6.06. The fourth-order valence-electron chi connectivity index (χ4n) is 3.46. The van der Waals surface area contributed by atoms with Crippen LogP contribution in [0.25, 0.3) is 0 Å². The van der Waals surface area contributed by atoms with Gasteiger partial charge in [0, 0.05) is 11.3 Å². The zero-order valence-electron chi connectivity index (χ0n) is 12.5. The first-order chi connectivity index (χ1) is 9.16. The Balaban J connectivity index is 1.68. The first kappa shape index (κ1) is 15.2. The predicted octanol–water partition coefficient (Wildman–Crippen LogP) is 3.99. The van der Waals surface area contributed by atoms with Crippen LogP contribution >= 0.6 is 11.8 Å².